The van der Waals surface area contributed by atoms with Crippen molar-refractivity contribution in [2.24, 2.45) is 5.92 Å². The molecular formula is C31H35N3O2S. The third-order valence-electron chi connectivity index (χ3n) is 5.94. The molecule has 5 nitrogen and oxygen atoms in total. The highest BCUT2D eigenvalue weighted by Crippen LogP contribution is 2.22. The van der Waals surface area contributed by atoms with Crippen molar-refractivity contribution < 1.29 is 9.15 Å². The van der Waals surface area contributed by atoms with Gasteiger partial charge in [-0.05, 0) is 74.8 Å². The van der Waals surface area contributed by atoms with Gasteiger partial charge in [-0.15, -0.1) is 22.0 Å². The van der Waals surface area contributed by atoms with Crippen LogP contribution in [0.4, 0.5) is 0 Å². The molecule has 1 unspecified atom stereocenters. The molecule has 0 aliphatic rings. The zero-order valence-electron chi connectivity index (χ0n) is 21.6. The number of hydrogen-bond donors (Lipinski definition) is 0. The Morgan fingerprint density at radius 2 is 1.65 bits per heavy atom. The van der Waals surface area contributed by atoms with Gasteiger partial charge in [0.25, 0.3) is 0 Å². The van der Waals surface area contributed by atoms with E-state index in [1.54, 1.807) is 11.8 Å². The minimum atomic E-state index is 0.485. The Labute approximate surface area is 224 Å². The lowest BCUT2D eigenvalue weighted by Gasteiger charge is -2.16. The van der Waals surface area contributed by atoms with Crippen molar-refractivity contribution in [1.82, 2.24) is 15.1 Å². The molecule has 4 aromatic rings. The smallest absolute Gasteiger partial charge is 0.247 e. The summed E-state index contributed by atoms with van der Waals surface area (Å²) in [5, 5.41) is 8.45. The lowest BCUT2D eigenvalue weighted by molar-refractivity contribution is 0.344. The van der Waals surface area contributed by atoms with Gasteiger partial charge in [0.15, 0.2) is 0 Å². The molecule has 0 saturated heterocycles. The standard InChI is InChI=1S/C31H35N3O2S/c1-34(2)20-19-27(23-26-9-5-3-6-10-26)14-13-25-15-17-28(18-16-25)31-33-32-30(36-31)24-37-22-21-35-29-11-7-4-8-12-29/h3-18,27H,19-24H2,1-2H3. The zero-order chi connectivity index (χ0) is 25.7. The van der Waals surface area contributed by atoms with Gasteiger partial charge in [0.1, 0.15) is 5.75 Å². The molecule has 1 atom stereocenters. The van der Waals surface area contributed by atoms with E-state index in [1.165, 1.54) is 11.1 Å². The monoisotopic (exact) mass is 513 g/mol. The SMILES string of the molecule is CN(C)CCC(C=Cc1ccc(-c2nnc(CSCCOc3ccccc3)o2)cc1)Cc1ccccc1. The molecule has 4 rings (SSSR count). The van der Waals surface area contributed by atoms with Crippen molar-refractivity contribution in [2.45, 2.75) is 18.6 Å². The van der Waals surface area contributed by atoms with Crippen LogP contribution in [0.3, 0.4) is 0 Å². The number of para-hydroxylation sites is 1. The largest absolute Gasteiger partial charge is 0.493 e. The first-order valence-electron chi connectivity index (χ1n) is 12.7. The van der Waals surface area contributed by atoms with Gasteiger partial charge >= 0.3 is 0 Å². The van der Waals surface area contributed by atoms with Gasteiger partial charge < -0.3 is 14.1 Å². The average molecular weight is 514 g/mol. The van der Waals surface area contributed by atoms with Crippen LogP contribution in [-0.4, -0.2) is 48.1 Å². The summed E-state index contributed by atoms with van der Waals surface area (Å²) in [4.78, 5) is 2.25. The molecule has 1 heterocycles. The maximum atomic E-state index is 5.89. The van der Waals surface area contributed by atoms with Crippen LogP contribution < -0.4 is 4.74 Å². The topological polar surface area (TPSA) is 51.4 Å². The maximum absolute atomic E-state index is 5.89. The molecule has 0 radical (unpaired) electrons. The van der Waals surface area contributed by atoms with Crippen molar-refractivity contribution in [3.05, 3.63) is 108 Å². The molecule has 0 aliphatic carbocycles. The van der Waals surface area contributed by atoms with E-state index in [0.717, 1.165) is 36.5 Å². The van der Waals surface area contributed by atoms with E-state index in [2.05, 4.69) is 83.8 Å². The summed E-state index contributed by atoms with van der Waals surface area (Å²) < 4.78 is 11.6. The third kappa shape index (κ3) is 9.23. The van der Waals surface area contributed by atoms with Crippen LogP contribution in [0.2, 0.25) is 0 Å². The van der Waals surface area contributed by atoms with E-state index >= 15 is 0 Å². The van der Waals surface area contributed by atoms with Gasteiger partial charge in [0, 0.05) is 11.3 Å². The van der Waals surface area contributed by atoms with Crippen molar-refractivity contribution in [3.63, 3.8) is 0 Å². The van der Waals surface area contributed by atoms with Crippen LogP contribution in [0, 0.1) is 5.92 Å². The Kier molecular flexibility index (Phi) is 10.4. The molecule has 3 aromatic carbocycles. The highest BCUT2D eigenvalue weighted by Gasteiger charge is 2.10. The Hall–Kier alpha value is -3.35. The van der Waals surface area contributed by atoms with Crippen LogP contribution in [0.5, 0.6) is 5.75 Å². The van der Waals surface area contributed by atoms with Gasteiger partial charge in [-0.25, -0.2) is 0 Å². The van der Waals surface area contributed by atoms with Gasteiger partial charge in [0.2, 0.25) is 11.8 Å². The second-order valence-corrected chi connectivity index (χ2v) is 10.3. The Morgan fingerprint density at radius 3 is 2.38 bits per heavy atom. The molecular weight excluding hydrogens is 478 g/mol. The number of aromatic nitrogens is 2. The summed E-state index contributed by atoms with van der Waals surface area (Å²) in [5.41, 5.74) is 3.47. The van der Waals surface area contributed by atoms with E-state index in [9.17, 15) is 0 Å². The zero-order valence-corrected chi connectivity index (χ0v) is 22.4. The lowest BCUT2D eigenvalue weighted by Crippen LogP contribution is -2.17. The Bertz CT molecular complexity index is 1210. The Balaban J connectivity index is 1.27. The van der Waals surface area contributed by atoms with Gasteiger partial charge in [-0.2, -0.15) is 0 Å². The average Bonchev–Trinajstić information content (AvgIpc) is 3.40. The molecule has 0 spiro atoms. The number of ether oxygens (including phenoxy) is 1. The second-order valence-electron chi connectivity index (χ2n) is 9.24. The molecule has 37 heavy (non-hydrogen) atoms. The molecule has 0 amide bonds. The van der Waals surface area contributed by atoms with E-state index in [4.69, 9.17) is 9.15 Å². The molecule has 0 aliphatic heterocycles. The highest BCUT2D eigenvalue weighted by molar-refractivity contribution is 7.98. The van der Waals surface area contributed by atoms with Crippen LogP contribution in [-0.2, 0) is 12.2 Å². The highest BCUT2D eigenvalue weighted by atomic mass is 32.2. The fourth-order valence-electron chi connectivity index (χ4n) is 3.91. The van der Waals surface area contributed by atoms with Gasteiger partial charge in [-0.1, -0.05) is 72.8 Å². The summed E-state index contributed by atoms with van der Waals surface area (Å²) in [7, 11) is 4.26. The lowest BCUT2D eigenvalue weighted by atomic mass is 9.94. The Morgan fingerprint density at radius 1 is 0.919 bits per heavy atom. The predicted molar refractivity (Wildman–Crippen MR) is 154 cm³/mol. The number of thioether (sulfide) groups is 1. The molecule has 0 saturated carbocycles. The molecule has 1 aromatic heterocycles. The van der Waals surface area contributed by atoms with E-state index in [0.29, 0.717) is 30.1 Å². The first-order valence-corrected chi connectivity index (χ1v) is 13.9. The van der Waals surface area contributed by atoms with Crippen molar-refractivity contribution in [2.75, 3.05) is 33.0 Å². The van der Waals surface area contributed by atoms with Gasteiger partial charge in [0.05, 0.1) is 12.4 Å². The molecule has 0 fully saturated rings. The molecule has 0 N–H and O–H groups in total. The summed E-state index contributed by atoms with van der Waals surface area (Å²) in [6.07, 6.45) is 6.73. The number of hydrogen-bond acceptors (Lipinski definition) is 6. The van der Waals surface area contributed by atoms with E-state index in [-0.39, 0.29) is 0 Å². The third-order valence-corrected chi connectivity index (χ3v) is 6.84. The fraction of sp³-hybridized carbons (Fsp3) is 0.290. The van der Waals surface area contributed by atoms with Crippen LogP contribution in [0.25, 0.3) is 17.5 Å². The van der Waals surface area contributed by atoms with Crippen LogP contribution in [0.1, 0.15) is 23.4 Å². The van der Waals surface area contributed by atoms with Gasteiger partial charge in [-0.3, -0.25) is 0 Å². The van der Waals surface area contributed by atoms with Crippen LogP contribution in [0.15, 0.2) is 95.4 Å². The van der Waals surface area contributed by atoms with E-state index < -0.39 is 0 Å². The predicted octanol–water partition coefficient (Wildman–Crippen LogP) is 6.87. The second kappa shape index (κ2) is 14.4. The van der Waals surface area contributed by atoms with E-state index in [1.807, 2.05) is 42.5 Å². The fourth-order valence-corrected chi connectivity index (χ4v) is 4.55. The van der Waals surface area contributed by atoms with Crippen molar-refractivity contribution in [1.29, 1.82) is 0 Å². The van der Waals surface area contributed by atoms with Crippen LogP contribution >= 0.6 is 11.8 Å². The minimum Gasteiger partial charge on any atom is -0.493 e. The van der Waals surface area contributed by atoms with Crippen molar-refractivity contribution in [3.8, 4) is 17.2 Å². The number of rotatable bonds is 14. The summed E-state index contributed by atoms with van der Waals surface area (Å²) in [5.74, 6) is 4.09. The quantitative estimate of drug-likeness (QED) is 0.171. The van der Waals surface area contributed by atoms with Crippen molar-refractivity contribution >= 4 is 17.8 Å². The normalized spacial score (nSPS) is 12.3. The number of nitrogens with zero attached hydrogens (tertiary/aromatic N) is 3. The number of benzene rings is 3. The molecule has 6 heteroatoms. The summed E-state index contributed by atoms with van der Waals surface area (Å²) in [6, 6.07) is 28.9. The maximum Gasteiger partial charge on any atom is 0.247 e. The number of allylic oxidation sites excluding steroid dienone is 1. The minimum absolute atomic E-state index is 0.485. The first kappa shape index (κ1) is 26.7. The summed E-state index contributed by atoms with van der Waals surface area (Å²) in [6.45, 7) is 1.71. The molecule has 0 bridgehead atoms. The molecule has 192 valence electrons. The summed E-state index contributed by atoms with van der Waals surface area (Å²) >= 11 is 1.72. The first-order chi connectivity index (χ1) is 18.2.